The van der Waals surface area contributed by atoms with E-state index in [2.05, 4.69) is 42.2 Å². The average molecular weight is 433 g/mol. The van der Waals surface area contributed by atoms with Crippen molar-refractivity contribution in [3.8, 4) is 5.75 Å². The number of carbonyl (C=O) groups excluding carboxylic acids is 1. The van der Waals surface area contributed by atoms with Gasteiger partial charge in [-0.1, -0.05) is 18.2 Å². The van der Waals surface area contributed by atoms with E-state index in [0.717, 1.165) is 57.8 Å². The van der Waals surface area contributed by atoms with Crippen LogP contribution in [0.3, 0.4) is 0 Å². The Labute approximate surface area is 190 Å². The highest BCUT2D eigenvalue weighted by molar-refractivity contribution is 5.98. The summed E-state index contributed by atoms with van der Waals surface area (Å²) in [7, 11) is 0. The Balaban J connectivity index is 1.57. The molecule has 1 fully saturated rings. The number of aryl methyl sites for hydroxylation is 3. The first-order valence-corrected chi connectivity index (χ1v) is 11.3. The van der Waals surface area contributed by atoms with E-state index in [-0.39, 0.29) is 5.91 Å². The molecule has 0 atom stereocenters. The van der Waals surface area contributed by atoms with Gasteiger partial charge in [-0.25, -0.2) is 0 Å². The zero-order valence-electron chi connectivity index (χ0n) is 19.7. The first-order chi connectivity index (χ1) is 15.4. The van der Waals surface area contributed by atoms with Gasteiger partial charge in [0.05, 0.1) is 6.61 Å². The standard InChI is InChI=1S/C27H32N2O3/c1-6-31-26-20(4)27-24(19(3)21(5)32-27)17-23(26)18(2)16-25(30)29-14-12-28(13-15-29)22-10-8-7-9-11-22/h7-11,16-17H,6,12-15H2,1-5H3/b18-16+. The molecule has 0 unspecified atom stereocenters. The number of allylic oxidation sites excluding steroid dienone is 1. The van der Waals surface area contributed by atoms with Gasteiger partial charge < -0.3 is 19.0 Å². The first kappa shape index (κ1) is 22.0. The predicted molar refractivity (Wildman–Crippen MR) is 130 cm³/mol. The van der Waals surface area contributed by atoms with Crippen molar-refractivity contribution in [1.29, 1.82) is 0 Å². The lowest BCUT2D eigenvalue weighted by molar-refractivity contribution is -0.126. The number of para-hydroxylation sites is 1. The number of carbonyl (C=O) groups is 1. The summed E-state index contributed by atoms with van der Waals surface area (Å²) in [6, 6.07) is 12.5. The Morgan fingerprint density at radius 3 is 2.41 bits per heavy atom. The van der Waals surface area contributed by atoms with Crippen molar-refractivity contribution in [2.45, 2.75) is 34.6 Å². The number of furan rings is 1. The fraction of sp³-hybridized carbons (Fsp3) is 0.370. The van der Waals surface area contributed by atoms with Crippen molar-refractivity contribution in [1.82, 2.24) is 4.90 Å². The molecule has 0 N–H and O–H groups in total. The van der Waals surface area contributed by atoms with Gasteiger partial charge in [-0.15, -0.1) is 0 Å². The molecule has 0 saturated carbocycles. The second-order valence-corrected chi connectivity index (χ2v) is 8.45. The molecular weight excluding hydrogens is 400 g/mol. The summed E-state index contributed by atoms with van der Waals surface area (Å²) in [5.41, 5.74) is 6.05. The van der Waals surface area contributed by atoms with Crippen LogP contribution in [0.5, 0.6) is 5.75 Å². The molecule has 3 aromatic rings. The molecule has 1 aromatic heterocycles. The van der Waals surface area contributed by atoms with Crippen LogP contribution in [-0.2, 0) is 4.79 Å². The molecule has 32 heavy (non-hydrogen) atoms. The quantitative estimate of drug-likeness (QED) is 0.499. The minimum absolute atomic E-state index is 0.0514. The number of ether oxygens (including phenoxy) is 1. The lowest BCUT2D eigenvalue weighted by atomic mass is 9.98. The van der Waals surface area contributed by atoms with Gasteiger partial charge in [0.15, 0.2) is 0 Å². The molecule has 0 radical (unpaired) electrons. The zero-order chi connectivity index (χ0) is 22.8. The number of anilines is 1. The molecule has 5 nitrogen and oxygen atoms in total. The van der Waals surface area contributed by atoms with Gasteiger partial charge >= 0.3 is 0 Å². The number of hydrogen-bond acceptors (Lipinski definition) is 4. The van der Waals surface area contributed by atoms with E-state index in [0.29, 0.717) is 19.7 Å². The molecule has 2 aromatic carbocycles. The molecule has 0 spiro atoms. The van der Waals surface area contributed by atoms with Crippen LogP contribution in [0.25, 0.3) is 16.5 Å². The fourth-order valence-corrected chi connectivity index (χ4v) is 4.41. The van der Waals surface area contributed by atoms with Crippen LogP contribution in [0.4, 0.5) is 5.69 Å². The monoisotopic (exact) mass is 432 g/mol. The number of nitrogens with zero attached hydrogens (tertiary/aromatic N) is 2. The number of hydrogen-bond donors (Lipinski definition) is 0. The van der Waals surface area contributed by atoms with Gasteiger partial charge in [0, 0.05) is 54.5 Å². The van der Waals surface area contributed by atoms with Gasteiger partial charge in [-0.2, -0.15) is 0 Å². The summed E-state index contributed by atoms with van der Waals surface area (Å²) in [5, 5.41) is 1.08. The van der Waals surface area contributed by atoms with Gasteiger partial charge in [0.2, 0.25) is 5.91 Å². The molecule has 0 aliphatic carbocycles. The molecule has 1 aliphatic rings. The Morgan fingerprint density at radius 1 is 1.06 bits per heavy atom. The lowest BCUT2D eigenvalue weighted by Crippen LogP contribution is -2.48. The number of piperazine rings is 1. The largest absolute Gasteiger partial charge is 0.493 e. The summed E-state index contributed by atoms with van der Waals surface area (Å²) in [4.78, 5) is 17.3. The predicted octanol–water partition coefficient (Wildman–Crippen LogP) is 5.51. The Morgan fingerprint density at radius 2 is 1.75 bits per heavy atom. The van der Waals surface area contributed by atoms with Crippen LogP contribution in [0.2, 0.25) is 0 Å². The Bertz CT molecular complexity index is 1150. The van der Waals surface area contributed by atoms with E-state index in [9.17, 15) is 4.79 Å². The highest BCUT2D eigenvalue weighted by Crippen LogP contribution is 2.39. The maximum atomic E-state index is 13.1. The van der Waals surface area contributed by atoms with Crippen molar-refractivity contribution >= 4 is 28.1 Å². The van der Waals surface area contributed by atoms with E-state index in [4.69, 9.17) is 9.15 Å². The van der Waals surface area contributed by atoms with Gasteiger partial charge in [0.25, 0.3) is 0 Å². The van der Waals surface area contributed by atoms with Crippen LogP contribution in [0.1, 0.15) is 36.3 Å². The first-order valence-electron chi connectivity index (χ1n) is 11.3. The molecule has 1 saturated heterocycles. The zero-order valence-corrected chi connectivity index (χ0v) is 19.7. The number of fused-ring (bicyclic) bond motifs is 1. The molecular formula is C27H32N2O3. The van der Waals surface area contributed by atoms with Crippen LogP contribution in [0, 0.1) is 20.8 Å². The van der Waals surface area contributed by atoms with Crippen molar-refractivity contribution in [3.05, 3.63) is 64.9 Å². The van der Waals surface area contributed by atoms with E-state index in [1.807, 2.05) is 38.7 Å². The van der Waals surface area contributed by atoms with Crippen LogP contribution in [0.15, 0.2) is 46.9 Å². The van der Waals surface area contributed by atoms with Crippen LogP contribution >= 0.6 is 0 Å². The molecule has 5 heteroatoms. The van der Waals surface area contributed by atoms with Crippen LogP contribution < -0.4 is 9.64 Å². The van der Waals surface area contributed by atoms with Gasteiger partial charge in [0.1, 0.15) is 17.1 Å². The number of rotatable bonds is 5. The SMILES string of the molecule is CCOc1c(/C(C)=C/C(=O)N2CCN(c3ccccc3)CC2)cc2c(C)c(C)oc2c1C. The van der Waals surface area contributed by atoms with E-state index in [1.54, 1.807) is 6.08 Å². The van der Waals surface area contributed by atoms with Crippen molar-refractivity contribution < 1.29 is 13.9 Å². The third-order valence-corrected chi connectivity index (χ3v) is 6.41. The fourth-order valence-electron chi connectivity index (χ4n) is 4.41. The molecule has 168 valence electrons. The lowest BCUT2D eigenvalue weighted by Gasteiger charge is -2.35. The Kier molecular flexibility index (Phi) is 6.26. The summed E-state index contributed by atoms with van der Waals surface area (Å²) >= 11 is 0. The second kappa shape index (κ2) is 9.11. The van der Waals surface area contributed by atoms with Gasteiger partial charge in [-0.05, 0) is 64.0 Å². The Hall–Kier alpha value is -3.21. The molecule has 2 heterocycles. The van der Waals surface area contributed by atoms with Crippen molar-refractivity contribution in [2.75, 3.05) is 37.7 Å². The van der Waals surface area contributed by atoms with E-state index >= 15 is 0 Å². The van der Waals surface area contributed by atoms with Crippen LogP contribution in [-0.4, -0.2) is 43.6 Å². The molecule has 1 aliphatic heterocycles. The highest BCUT2D eigenvalue weighted by Gasteiger charge is 2.22. The summed E-state index contributed by atoms with van der Waals surface area (Å²) in [6.07, 6.45) is 1.75. The summed E-state index contributed by atoms with van der Waals surface area (Å²) in [5.74, 6) is 1.76. The average Bonchev–Trinajstić information content (AvgIpc) is 3.10. The van der Waals surface area contributed by atoms with Gasteiger partial charge in [-0.3, -0.25) is 4.79 Å². The van der Waals surface area contributed by atoms with Crippen molar-refractivity contribution in [2.24, 2.45) is 0 Å². The third-order valence-electron chi connectivity index (χ3n) is 6.41. The number of amides is 1. The normalized spacial score (nSPS) is 14.8. The maximum absolute atomic E-state index is 13.1. The second-order valence-electron chi connectivity index (χ2n) is 8.45. The summed E-state index contributed by atoms with van der Waals surface area (Å²) < 4.78 is 12.0. The molecule has 0 bridgehead atoms. The summed E-state index contributed by atoms with van der Waals surface area (Å²) in [6.45, 7) is 13.7. The smallest absolute Gasteiger partial charge is 0.246 e. The number of benzene rings is 2. The third kappa shape index (κ3) is 4.12. The van der Waals surface area contributed by atoms with E-state index in [1.165, 1.54) is 5.69 Å². The minimum atomic E-state index is 0.0514. The minimum Gasteiger partial charge on any atom is -0.493 e. The molecule has 4 rings (SSSR count). The maximum Gasteiger partial charge on any atom is 0.246 e. The molecule has 1 amide bonds. The van der Waals surface area contributed by atoms with E-state index < -0.39 is 0 Å². The van der Waals surface area contributed by atoms with Crippen molar-refractivity contribution in [3.63, 3.8) is 0 Å². The highest BCUT2D eigenvalue weighted by atomic mass is 16.5. The topological polar surface area (TPSA) is 45.9 Å².